The van der Waals surface area contributed by atoms with Crippen LogP contribution in [0.15, 0.2) is 18.2 Å². The van der Waals surface area contributed by atoms with Crippen molar-refractivity contribution in [3.8, 4) is 0 Å². The molecule has 2 amide bonds. The molecule has 0 spiro atoms. The minimum absolute atomic E-state index is 0.00736. The van der Waals surface area contributed by atoms with E-state index < -0.39 is 23.4 Å². The van der Waals surface area contributed by atoms with Crippen LogP contribution in [0.5, 0.6) is 0 Å². The predicted molar refractivity (Wildman–Crippen MR) is 95.4 cm³/mol. The predicted octanol–water partition coefficient (Wildman–Crippen LogP) is 4.36. The molecule has 0 saturated carbocycles. The molecule has 0 unspecified atom stereocenters. The van der Waals surface area contributed by atoms with Gasteiger partial charge in [-0.15, -0.1) is 0 Å². The quantitative estimate of drug-likeness (QED) is 0.786. The zero-order chi connectivity index (χ0) is 18.8. The maximum absolute atomic E-state index is 12.5. The van der Waals surface area contributed by atoms with Gasteiger partial charge in [0, 0.05) is 5.56 Å². The first-order valence-corrected chi connectivity index (χ1v) is 8.63. The summed E-state index contributed by atoms with van der Waals surface area (Å²) in [4.78, 5) is 26.0. The molecule has 2 rings (SSSR count). The number of benzene rings is 1. The van der Waals surface area contributed by atoms with Crippen LogP contribution in [0.2, 0.25) is 0 Å². The van der Waals surface area contributed by atoms with Crippen LogP contribution in [0.1, 0.15) is 47.1 Å². The third-order valence-corrected chi connectivity index (χ3v) is 3.47. The van der Waals surface area contributed by atoms with Gasteiger partial charge in [0.2, 0.25) is 0 Å². The molecule has 0 aliphatic heterocycles. The number of fused-ring (bicyclic) bond motifs is 1. The fourth-order valence-corrected chi connectivity index (χ4v) is 2.57. The van der Waals surface area contributed by atoms with E-state index in [1.165, 1.54) is 0 Å². The van der Waals surface area contributed by atoms with Crippen molar-refractivity contribution >= 4 is 34.9 Å². The van der Waals surface area contributed by atoms with Crippen LogP contribution in [-0.4, -0.2) is 37.0 Å². The summed E-state index contributed by atoms with van der Waals surface area (Å²) >= 11 is 1.08. The van der Waals surface area contributed by atoms with Crippen molar-refractivity contribution < 1.29 is 19.1 Å². The summed E-state index contributed by atoms with van der Waals surface area (Å²) in [5.41, 5.74) is 0.611. The molecule has 0 N–H and O–H groups in total. The maximum atomic E-state index is 12.5. The molecule has 0 aliphatic rings. The Bertz CT molecular complexity index is 746. The normalized spacial score (nSPS) is 12.1. The fourth-order valence-electron chi connectivity index (χ4n) is 2.00. The molecule has 0 fully saturated rings. The highest BCUT2D eigenvalue weighted by molar-refractivity contribution is 7.00. The van der Waals surface area contributed by atoms with Crippen molar-refractivity contribution in [2.24, 2.45) is 0 Å². The lowest BCUT2D eigenvalue weighted by molar-refractivity contribution is -0.000168. The number of amides is 2. The molecule has 8 heteroatoms. The van der Waals surface area contributed by atoms with E-state index in [1.807, 2.05) is 6.07 Å². The third-order valence-electron chi connectivity index (χ3n) is 2.93. The van der Waals surface area contributed by atoms with Crippen LogP contribution in [0.3, 0.4) is 0 Å². The molecule has 0 aliphatic carbocycles. The molecule has 0 bridgehead atoms. The van der Waals surface area contributed by atoms with Gasteiger partial charge in [-0.2, -0.15) is 8.75 Å². The van der Waals surface area contributed by atoms with E-state index in [4.69, 9.17) is 9.47 Å². The first-order chi connectivity index (χ1) is 11.5. The first kappa shape index (κ1) is 19.1. The Kier molecular flexibility index (Phi) is 5.31. The molecule has 1 aromatic heterocycles. The number of aromatic nitrogens is 2. The Balaban J connectivity index is 2.32. The van der Waals surface area contributed by atoms with E-state index in [2.05, 4.69) is 8.75 Å². The van der Waals surface area contributed by atoms with Gasteiger partial charge in [0.15, 0.2) is 0 Å². The highest BCUT2D eigenvalue weighted by Crippen LogP contribution is 2.21. The van der Waals surface area contributed by atoms with Gasteiger partial charge in [-0.05, 0) is 47.6 Å². The summed E-state index contributed by atoms with van der Waals surface area (Å²) in [7, 11) is 0. The van der Waals surface area contributed by atoms with Crippen LogP contribution >= 0.6 is 11.7 Å². The molecule has 2 aromatic rings. The Labute approximate surface area is 151 Å². The highest BCUT2D eigenvalue weighted by atomic mass is 32.1. The van der Waals surface area contributed by atoms with Gasteiger partial charge in [0.05, 0.1) is 18.3 Å². The standard InChI is InChI=1S/C17H23N3O4S/c1-16(2,3)23-14(21)20(15(22)24-17(4,5)6)10-11-8-7-9-12-13(11)19-25-18-12/h7-9H,10H2,1-6H3. The van der Waals surface area contributed by atoms with Gasteiger partial charge < -0.3 is 9.47 Å². The minimum Gasteiger partial charge on any atom is -0.443 e. The summed E-state index contributed by atoms with van der Waals surface area (Å²) < 4.78 is 19.1. The fraction of sp³-hybridized carbons (Fsp3) is 0.529. The number of imide groups is 1. The number of rotatable bonds is 2. The highest BCUT2D eigenvalue weighted by Gasteiger charge is 2.31. The molecule has 7 nitrogen and oxygen atoms in total. The van der Waals surface area contributed by atoms with Gasteiger partial charge in [0.1, 0.15) is 22.2 Å². The van der Waals surface area contributed by atoms with E-state index in [9.17, 15) is 9.59 Å². The lowest BCUT2D eigenvalue weighted by Gasteiger charge is -2.28. The third kappa shape index (κ3) is 5.38. The zero-order valence-electron chi connectivity index (χ0n) is 15.3. The van der Waals surface area contributed by atoms with E-state index in [-0.39, 0.29) is 6.54 Å². The summed E-state index contributed by atoms with van der Waals surface area (Å²) in [6, 6.07) is 5.43. The molecular formula is C17H23N3O4S. The van der Waals surface area contributed by atoms with Gasteiger partial charge in [0.25, 0.3) is 0 Å². The average molecular weight is 365 g/mol. The molecular weight excluding hydrogens is 342 g/mol. The topological polar surface area (TPSA) is 81.6 Å². The Hall–Kier alpha value is -2.22. The Morgan fingerprint density at radius 2 is 1.56 bits per heavy atom. The maximum Gasteiger partial charge on any atom is 0.420 e. The van der Waals surface area contributed by atoms with Gasteiger partial charge in [-0.1, -0.05) is 12.1 Å². The van der Waals surface area contributed by atoms with E-state index in [0.717, 1.165) is 22.1 Å². The first-order valence-electron chi connectivity index (χ1n) is 7.90. The van der Waals surface area contributed by atoms with Gasteiger partial charge in [-0.25, -0.2) is 14.5 Å². The van der Waals surface area contributed by atoms with E-state index in [1.54, 1.807) is 53.7 Å². The summed E-state index contributed by atoms with van der Waals surface area (Å²) in [6.07, 6.45) is -1.52. The number of ether oxygens (including phenoxy) is 2. The molecule has 0 radical (unpaired) electrons. The second-order valence-corrected chi connectivity index (χ2v) is 8.12. The molecule has 1 aromatic carbocycles. The number of carbonyl (C=O) groups is 2. The summed E-state index contributed by atoms with van der Waals surface area (Å²) in [6.45, 7) is 10.4. The lowest BCUT2D eigenvalue weighted by Crippen LogP contribution is -2.43. The van der Waals surface area contributed by atoms with Crippen molar-refractivity contribution in [2.45, 2.75) is 59.3 Å². The second-order valence-electron chi connectivity index (χ2n) is 7.60. The van der Waals surface area contributed by atoms with E-state index in [0.29, 0.717) is 11.1 Å². The molecule has 1 heterocycles. The second kappa shape index (κ2) is 6.95. The van der Waals surface area contributed by atoms with Gasteiger partial charge >= 0.3 is 12.2 Å². The number of hydrogen-bond donors (Lipinski definition) is 0. The van der Waals surface area contributed by atoms with Crippen LogP contribution in [0, 0.1) is 0 Å². The van der Waals surface area contributed by atoms with Crippen molar-refractivity contribution in [1.29, 1.82) is 0 Å². The lowest BCUT2D eigenvalue weighted by atomic mass is 10.1. The van der Waals surface area contributed by atoms with Crippen molar-refractivity contribution in [1.82, 2.24) is 13.6 Å². The average Bonchev–Trinajstić information content (AvgIpc) is 2.89. The molecule has 0 atom stereocenters. The zero-order valence-corrected chi connectivity index (χ0v) is 16.1. The van der Waals surface area contributed by atoms with E-state index >= 15 is 0 Å². The van der Waals surface area contributed by atoms with Crippen LogP contribution < -0.4 is 0 Å². The van der Waals surface area contributed by atoms with Crippen LogP contribution in [0.25, 0.3) is 11.0 Å². The minimum atomic E-state index is -0.762. The van der Waals surface area contributed by atoms with Crippen molar-refractivity contribution in [3.05, 3.63) is 23.8 Å². The van der Waals surface area contributed by atoms with Crippen molar-refractivity contribution in [2.75, 3.05) is 0 Å². The van der Waals surface area contributed by atoms with Gasteiger partial charge in [-0.3, -0.25) is 0 Å². The number of hydrogen-bond acceptors (Lipinski definition) is 7. The smallest absolute Gasteiger partial charge is 0.420 e. The number of carbonyl (C=O) groups excluding carboxylic acids is 2. The molecule has 25 heavy (non-hydrogen) atoms. The Morgan fingerprint density at radius 1 is 1.00 bits per heavy atom. The largest absolute Gasteiger partial charge is 0.443 e. The Morgan fingerprint density at radius 3 is 2.08 bits per heavy atom. The monoisotopic (exact) mass is 365 g/mol. The molecule has 136 valence electrons. The van der Waals surface area contributed by atoms with Crippen molar-refractivity contribution in [3.63, 3.8) is 0 Å². The SMILES string of the molecule is CC(C)(C)OC(=O)N(Cc1cccc2nsnc12)C(=O)OC(C)(C)C. The number of nitrogens with zero attached hydrogens (tertiary/aromatic N) is 3. The van der Waals surface area contributed by atoms with Crippen LogP contribution in [-0.2, 0) is 16.0 Å². The molecule has 0 saturated heterocycles. The summed E-state index contributed by atoms with van der Waals surface area (Å²) in [5.74, 6) is 0. The van der Waals surface area contributed by atoms with Crippen LogP contribution in [0.4, 0.5) is 9.59 Å². The summed E-state index contributed by atoms with van der Waals surface area (Å²) in [5, 5.41) is 0.